The Morgan fingerprint density at radius 2 is 2.31 bits per heavy atom. The number of benzene rings is 1. The van der Waals surface area contributed by atoms with E-state index in [4.69, 9.17) is 8.37 Å². The Hall–Kier alpha value is -1.29. The van der Waals surface area contributed by atoms with Crippen LogP contribution in [-0.2, 0) is 26.1 Å². The molecule has 0 saturated heterocycles. The predicted molar refractivity (Wildman–Crippen MR) is 47.6 cm³/mol. The van der Waals surface area contributed by atoms with Crippen molar-refractivity contribution in [2.24, 2.45) is 0 Å². The molecule has 1 unspecified atom stereocenters. The van der Waals surface area contributed by atoms with Crippen molar-refractivity contribution in [1.29, 1.82) is 0 Å². The Morgan fingerprint density at radius 3 is 3.23 bits per heavy atom. The molecule has 0 fully saturated rings. The minimum absolute atomic E-state index is 0.756. The second-order valence-electron chi connectivity index (χ2n) is 2.98. The van der Waals surface area contributed by atoms with Gasteiger partial charge in [0.05, 0.1) is 0 Å². The van der Waals surface area contributed by atoms with E-state index in [1.54, 1.807) is 0 Å². The maximum absolute atomic E-state index is 11.0. The normalized spacial score (nSPS) is 22.8. The van der Waals surface area contributed by atoms with E-state index < -0.39 is 11.4 Å². The van der Waals surface area contributed by atoms with Crippen LogP contribution >= 0.6 is 0 Å². The summed E-state index contributed by atoms with van der Waals surface area (Å²) < 4.78 is 20.9. The Bertz CT molecular complexity index is 518. The second-order valence-corrected chi connectivity index (χ2v) is 3.75. The van der Waals surface area contributed by atoms with Gasteiger partial charge in [-0.05, 0) is 5.56 Å². The van der Waals surface area contributed by atoms with Gasteiger partial charge in [0.25, 0.3) is 0 Å². The lowest BCUT2D eigenvalue weighted by Gasteiger charge is -2.15. The minimum Gasteiger partial charge on any atom is -0.378 e. The van der Waals surface area contributed by atoms with Gasteiger partial charge in [0.2, 0.25) is 0 Å². The van der Waals surface area contributed by atoms with Gasteiger partial charge in [0.1, 0.15) is 12.0 Å². The number of hydrogen-bond acceptors (Lipinski definition) is 3. The summed E-state index contributed by atoms with van der Waals surface area (Å²) in [4.78, 5) is 0. The molecule has 0 aromatic heterocycles. The minimum atomic E-state index is -1.66. The third kappa shape index (κ3) is 0.920. The quantitative estimate of drug-likeness (QED) is 0.569. The fraction of sp³-hybridized carbons (Fsp3) is 0.111. The van der Waals surface area contributed by atoms with E-state index in [-0.39, 0.29) is 0 Å². The maximum atomic E-state index is 11.0. The molecular formula is C9H6O3S. The van der Waals surface area contributed by atoms with Crippen LogP contribution in [0, 0.1) is 0 Å². The van der Waals surface area contributed by atoms with Crippen molar-refractivity contribution < 1.29 is 12.6 Å². The maximum Gasteiger partial charge on any atom is 0.416 e. The lowest BCUT2D eigenvalue weighted by Crippen LogP contribution is -2.37. The highest BCUT2D eigenvalue weighted by Crippen LogP contribution is 2.16. The molecule has 0 bridgehead atoms. The van der Waals surface area contributed by atoms with Gasteiger partial charge in [-0.25, -0.2) is 0 Å². The number of hydrogen-bond donors (Lipinski definition) is 0. The van der Waals surface area contributed by atoms with E-state index in [0.717, 1.165) is 22.6 Å². The molecule has 2 aliphatic rings. The van der Waals surface area contributed by atoms with E-state index in [1.807, 2.05) is 18.2 Å². The molecule has 1 aliphatic heterocycles. The van der Waals surface area contributed by atoms with Crippen LogP contribution in [0.2, 0.25) is 0 Å². The Balaban J connectivity index is 2.43. The molecule has 0 saturated carbocycles. The van der Waals surface area contributed by atoms with Crippen molar-refractivity contribution in [1.82, 2.24) is 0 Å². The van der Waals surface area contributed by atoms with Gasteiger partial charge in [0, 0.05) is 16.9 Å². The van der Waals surface area contributed by atoms with Crippen molar-refractivity contribution in [3.8, 4) is 0 Å². The van der Waals surface area contributed by atoms with Crippen LogP contribution in [0.25, 0.3) is 12.0 Å². The first-order chi connectivity index (χ1) is 6.34. The summed E-state index contributed by atoms with van der Waals surface area (Å²) in [7, 11) is 0. The van der Waals surface area contributed by atoms with Crippen molar-refractivity contribution in [2.75, 3.05) is 0 Å². The summed E-state index contributed by atoms with van der Waals surface area (Å²) in [6.07, 6.45) is 2.24. The standard InChI is InChI=1S/C9H6O3S/c10-13-11-5-7-3-1-2-6-4-8(12-13)9(6)7/h1-3,5H,4H2. The third-order valence-corrected chi connectivity index (χ3v) is 2.83. The topological polar surface area (TPSA) is 35.5 Å². The SMILES string of the molecule is O=S1OC=c2cccc3c2=C(C3)O1. The van der Waals surface area contributed by atoms with Crippen LogP contribution in [0.4, 0.5) is 0 Å². The largest absolute Gasteiger partial charge is 0.416 e. The van der Waals surface area contributed by atoms with Gasteiger partial charge in [0.15, 0.2) is 0 Å². The molecule has 1 aliphatic carbocycles. The molecule has 4 heteroatoms. The third-order valence-electron chi connectivity index (χ3n) is 2.24. The molecule has 0 radical (unpaired) electrons. The summed E-state index contributed by atoms with van der Waals surface area (Å²) in [5, 5.41) is 2.00. The molecule has 1 aromatic rings. The van der Waals surface area contributed by atoms with Crippen molar-refractivity contribution >= 4 is 23.4 Å². The average molecular weight is 194 g/mol. The highest BCUT2D eigenvalue weighted by Gasteiger charge is 2.21. The monoisotopic (exact) mass is 194 g/mol. The van der Waals surface area contributed by atoms with E-state index >= 15 is 0 Å². The fourth-order valence-electron chi connectivity index (χ4n) is 1.62. The van der Waals surface area contributed by atoms with Gasteiger partial charge in [-0.3, -0.25) is 0 Å². The molecule has 1 atom stereocenters. The van der Waals surface area contributed by atoms with Gasteiger partial charge < -0.3 is 8.37 Å². The van der Waals surface area contributed by atoms with Crippen molar-refractivity contribution in [3.05, 3.63) is 34.2 Å². The summed E-state index contributed by atoms with van der Waals surface area (Å²) >= 11 is -1.66. The van der Waals surface area contributed by atoms with E-state index in [0.29, 0.717) is 0 Å². The van der Waals surface area contributed by atoms with Crippen LogP contribution in [0.1, 0.15) is 5.56 Å². The highest BCUT2D eigenvalue weighted by atomic mass is 32.2. The van der Waals surface area contributed by atoms with Crippen LogP contribution < -0.4 is 10.4 Å². The molecule has 3 nitrogen and oxygen atoms in total. The molecule has 1 aromatic carbocycles. The molecule has 0 spiro atoms. The van der Waals surface area contributed by atoms with Gasteiger partial charge in [-0.1, -0.05) is 18.2 Å². The zero-order valence-corrected chi connectivity index (χ0v) is 7.47. The Labute approximate surface area is 77.2 Å². The molecule has 0 amide bonds. The highest BCUT2D eigenvalue weighted by molar-refractivity contribution is 7.75. The van der Waals surface area contributed by atoms with Crippen LogP contribution in [-0.4, -0.2) is 4.21 Å². The van der Waals surface area contributed by atoms with E-state index in [9.17, 15) is 4.21 Å². The predicted octanol–water partition coefficient (Wildman–Crippen LogP) is -0.286. The van der Waals surface area contributed by atoms with Crippen molar-refractivity contribution in [2.45, 2.75) is 6.42 Å². The van der Waals surface area contributed by atoms with E-state index in [1.165, 1.54) is 11.8 Å². The first kappa shape index (κ1) is 7.15. The van der Waals surface area contributed by atoms with Gasteiger partial charge in [-0.15, -0.1) is 0 Å². The zero-order chi connectivity index (χ0) is 8.84. The molecule has 3 rings (SSSR count). The van der Waals surface area contributed by atoms with Crippen LogP contribution in [0.3, 0.4) is 0 Å². The first-order valence-electron chi connectivity index (χ1n) is 3.93. The average Bonchev–Trinajstić information content (AvgIpc) is 2.23. The Morgan fingerprint density at radius 1 is 1.38 bits per heavy atom. The molecule has 0 N–H and O–H groups in total. The smallest absolute Gasteiger partial charge is 0.378 e. The summed E-state index contributed by atoms with van der Waals surface area (Å²) in [6, 6.07) is 5.91. The van der Waals surface area contributed by atoms with Gasteiger partial charge >= 0.3 is 11.4 Å². The molecule has 66 valence electrons. The summed E-state index contributed by atoms with van der Waals surface area (Å²) in [5.41, 5.74) is 1.23. The lowest BCUT2D eigenvalue weighted by atomic mass is 9.96. The van der Waals surface area contributed by atoms with Gasteiger partial charge in [-0.2, -0.15) is 4.21 Å². The zero-order valence-electron chi connectivity index (χ0n) is 6.65. The van der Waals surface area contributed by atoms with Crippen molar-refractivity contribution in [3.63, 3.8) is 0 Å². The van der Waals surface area contributed by atoms with E-state index in [2.05, 4.69) is 0 Å². The van der Waals surface area contributed by atoms with Crippen LogP contribution in [0.15, 0.2) is 18.2 Å². The lowest BCUT2D eigenvalue weighted by molar-refractivity contribution is 0.424. The second kappa shape index (κ2) is 2.35. The van der Waals surface area contributed by atoms with Crippen LogP contribution in [0.5, 0.6) is 0 Å². The number of rotatable bonds is 0. The summed E-state index contributed by atoms with van der Waals surface area (Å²) in [5.74, 6) is 0.776. The first-order valence-corrected chi connectivity index (χ1v) is 4.93. The molecular weight excluding hydrogens is 188 g/mol. The molecule has 1 heterocycles. The Kier molecular flexibility index (Phi) is 1.29. The summed E-state index contributed by atoms with van der Waals surface area (Å²) in [6.45, 7) is 0. The fourth-order valence-corrected chi connectivity index (χ4v) is 2.15. The molecule has 13 heavy (non-hydrogen) atoms.